The van der Waals surface area contributed by atoms with Gasteiger partial charge in [0.2, 0.25) is 0 Å². The minimum Gasteiger partial charge on any atom is -0.481 e. The molecule has 2 rings (SSSR count). The van der Waals surface area contributed by atoms with Crippen molar-refractivity contribution in [3.05, 3.63) is 54.2 Å². The highest BCUT2D eigenvalue weighted by molar-refractivity contribution is 5.77. The van der Waals surface area contributed by atoms with Gasteiger partial charge >= 0.3 is 0 Å². The topological polar surface area (TPSA) is 71.7 Å². The maximum atomic E-state index is 13.3. The lowest BCUT2D eigenvalue weighted by Crippen LogP contribution is -2.30. The second kappa shape index (κ2) is 7.44. The van der Waals surface area contributed by atoms with Crippen LogP contribution in [0.4, 0.5) is 4.39 Å². The number of hydrogen-bond donors (Lipinski definition) is 2. The first kappa shape index (κ1) is 15.1. The predicted molar refractivity (Wildman–Crippen MR) is 73.2 cm³/mol. The van der Waals surface area contributed by atoms with Crippen LogP contribution in [0.15, 0.2) is 47.3 Å². The number of carbonyl (C=O) groups excluding carboxylic acids is 1. The van der Waals surface area contributed by atoms with E-state index in [1.54, 1.807) is 18.2 Å². The van der Waals surface area contributed by atoms with Crippen molar-refractivity contribution in [1.29, 1.82) is 0 Å². The Hall–Kier alpha value is -2.34. The van der Waals surface area contributed by atoms with E-state index in [0.29, 0.717) is 12.0 Å². The lowest BCUT2D eigenvalue weighted by Gasteiger charge is -2.10. The molecule has 6 heteroatoms. The van der Waals surface area contributed by atoms with E-state index >= 15 is 0 Å². The molecule has 0 radical (unpaired) electrons. The molecule has 2 aromatic rings. The molecule has 0 saturated carbocycles. The van der Waals surface area contributed by atoms with Gasteiger partial charge in [-0.05, 0) is 24.6 Å². The zero-order valence-electron chi connectivity index (χ0n) is 11.3. The van der Waals surface area contributed by atoms with E-state index in [1.807, 2.05) is 0 Å². The average Bonchev–Trinajstić information content (AvgIpc) is 3.00. The molecular formula is C15H16FNO4. The summed E-state index contributed by atoms with van der Waals surface area (Å²) in [4.78, 5) is 11.5. The average molecular weight is 293 g/mol. The van der Waals surface area contributed by atoms with E-state index in [2.05, 4.69) is 5.32 Å². The molecule has 0 aliphatic rings. The van der Waals surface area contributed by atoms with E-state index in [9.17, 15) is 14.3 Å². The summed E-state index contributed by atoms with van der Waals surface area (Å²) in [6.07, 6.45) is 2.58. The van der Waals surface area contributed by atoms with Crippen LogP contribution in [0, 0.1) is 5.82 Å². The molecule has 0 unspecified atom stereocenters. The third-order valence-corrected chi connectivity index (χ3v) is 2.86. The number of amides is 1. The van der Waals surface area contributed by atoms with Crippen molar-refractivity contribution in [1.82, 2.24) is 5.32 Å². The highest BCUT2D eigenvalue weighted by atomic mass is 19.1. The highest BCUT2D eigenvalue weighted by Gasteiger charge is 2.10. The fourth-order valence-electron chi connectivity index (χ4n) is 1.74. The largest absolute Gasteiger partial charge is 0.481 e. The number of carbonyl (C=O) groups is 1. The Bertz CT molecular complexity index is 571. The fourth-order valence-corrected chi connectivity index (χ4v) is 1.74. The summed E-state index contributed by atoms with van der Waals surface area (Å²) < 4.78 is 23.2. The van der Waals surface area contributed by atoms with Gasteiger partial charge in [0.15, 0.2) is 18.2 Å². The monoisotopic (exact) mass is 293 g/mol. The van der Waals surface area contributed by atoms with Gasteiger partial charge < -0.3 is 19.6 Å². The first-order chi connectivity index (χ1) is 10.2. The molecule has 0 aliphatic carbocycles. The van der Waals surface area contributed by atoms with Crippen molar-refractivity contribution >= 4 is 5.91 Å². The van der Waals surface area contributed by atoms with Crippen LogP contribution < -0.4 is 10.1 Å². The van der Waals surface area contributed by atoms with Gasteiger partial charge in [0, 0.05) is 12.1 Å². The summed E-state index contributed by atoms with van der Waals surface area (Å²) in [6.45, 7) is 0.00848. The van der Waals surface area contributed by atoms with Crippen molar-refractivity contribution in [2.75, 3.05) is 13.2 Å². The standard InChI is InChI=1S/C15H16FNO4/c16-12-3-1-2-4-14(12)21-10-15(19)17-7-5-13(18)11-6-8-20-9-11/h1-4,6,8-9,13,18H,5,7,10H2,(H,17,19)/t13-/m1/s1. The van der Waals surface area contributed by atoms with Crippen molar-refractivity contribution in [3.8, 4) is 5.75 Å². The van der Waals surface area contributed by atoms with Gasteiger partial charge in [-0.15, -0.1) is 0 Å². The highest BCUT2D eigenvalue weighted by Crippen LogP contribution is 2.16. The van der Waals surface area contributed by atoms with E-state index in [1.165, 1.54) is 24.7 Å². The third kappa shape index (κ3) is 4.61. The second-order valence-electron chi connectivity index (χ2n) is 4.43. The Morgan fingerprint density at radius 2 is 2.19 bits per heavy atom. The molecule has 21 heavy (non-hydrogen) atoms. The molecule has 0 saturated heterocycles. The van der Waals surface area contributed by atoms with Crippen molar-refractivity contribution in [2.45, 2.75) is 12.5 Å². The molecule has 5 nitrogen and oxygen atoms in total. The number of benzene rings is 1. The number of para-hydroxylation sites is 1. The van der Waals surface area contributed by atoms with E-state index in [0.717, 1.165) is 0 Å². The molecule has 2 N–H and O–H groups in total. The van der Waals surface area contributed by atoms with Crippen LogP contribution in [0.1, 0.15) is 18.1 Å². The number of rotatable bonds is 7. The molecule has 1 atom stereocenters. The van der Waals surface area contributed by atoms with Crippen LogP contribution in [-0.2, 0) is 4.79 Å². The van der Waals surface area contributed by atoms with Gasteiger partial charge in [0.1, 0.15) is 0 Å². The van der Waals surface area contributed by atoms with Crippen LogP contribution >= 0.6 is 0 Å². The van der Waals surface area contributed by atoms with Gasteiger partial charge in [-0.3, -0.25) is 4.79 Å². The van der Waals surface area contributed by atoms with E-state index in [4.69, 9.17) is 9.15 Å². The van der Waals surface area contributed by atoms with Gasteiger partial charge in [0.25, 0.3) is 5.91 Å². The summed E-state index contributed by atoms with van der Waals surface area (Å²) in [5.41, 5.74) is 0.659. The molecule has 0 spiro atoms. The number of ether oxygens (including phenoxy) is 1. The lowest BCUT2D eigenvalue weighted by atomic mass is 10.1. The van der Waals surface area contributed by atoms with Gasteiger partial charge in [0.05, 0.1) is 18.6 Å². The summed E-state index contributed by atoms with van der Waals surface area (Å²) in [6, 6.07) is 7.53. The second-order valence-corrected chi connectivity index (χ2v) is 4.43. The molecule has 1 amide bonds. The van der Waals surface area contributed by atoms with Crippen LogP contribution in [0.2, 0.25) is 0 Å². The molecule has 1 aromatic heterocycles. The molecule has 112 valence electrons. The van der Waals surface area contributed by atoms with Crippen molar-refractivity contribution < 1.29 is 23.4 Å². The fraction of sp³-hybridized carbons (Fsp3) is 0.267. The Kier molecular flexibility index (Phi) is 5.34. The Morgan fingerprint density at radius 3 is 2.90 bits per heavy atom. The zero-order valence-corrected chi connectivity index (χ0v) is 11.3. The van der Waals surface area contributed by atoms with Crippen LogP contribution in [-0.4, -0.2) is 24.2 Å². The molecule has 0 bridgehead atoms. The number of hydrogen-bond acceptors (Lipinski definition) is 4. The van der Waals surface area contributed by atoms with Crippen molar-refractivity contribution in [2.24, 2.45) is 0 Å². The predicted octanol–water partition coefficient (Wildman–Crippen LogP) is 2.04. The van der Waals surface area contributed by atoms with Crippen LogP contribution in [0.3, 0.4) is 0 Å². The number of nitrogens with one attached hydrogen (secondary N) is 1. The first-order valence-electron chi connectivity index (χ1n) is 6.51. The zero-order chi connectivity index (χ0) is 15.1. The van der Waals surface area contributed by atoms with Gasteiger partial charge in [-0.25, -0.2) is 4.39 Å². The van der Waals surface area contributed by atoms with E-state index < -0.39 is 11.9 Å². The SMILES string of the molecule is O=C(COc1ccccc1F)NCC[C@@H](O)c1ccoc1. The summed E-state index contributed by atoms with van der Waals surface area (Å²) in [5, 5.41) is 12.4. The molecule has 0 aliphatic heterocycles. The minimum absolute atomic E-state index is 0.0334. The number of aliphatic hydroxyl groups is 1. The molecular weight excluding hydrogens is 277 g/mol. The van der Waals surface area contributed by atoms with Crippen molar-refractivity contribution in [3.63, 3.8) is 0 Å². The number of furan rings is 1. The lowest BCUT2D eigenvalue weighted by molar-refractivity contribution is -0.123. The summed E-state index contributed by atoms with van der Waals surface area (Å²) in [5.74, 6) is -0.857. The maximum Gasteiger partial charge on any atom is 0.257 e. The minimum atomic E-state index is -0.698. The van der Waals surface area contributed by atoms with Crippen LogP contribution in [0.25, 0.3) is 0 Å². The first-order valence-corrected chi connectivity index (χ1v) is 6.51. The Morgan fingerprint density at radius 1 is 1.38 bits per heavy atom. The number of aliphatic hydroxyl groups excluding tert-OH is 1. The quantitative estimate of drug-likeness (QED) is 0.819. The molecule has 1 heterocycles. The maximum absolute atomic E-state index is 13.3. The van der Waals surface area contributed by atoms with Crippen LogP contribution in [0.5, 0.6) is 5.75 Å². The summed E-state index contributed by atoms with van der Waals surface area (Å²) >= 11 is 0. The molecule has 1 aromatic carbocycles. The Balaban J connectivity index is 1.67. The van der Waals surface area contributed by atoms with Gasteiger partial charge in [-0.2, -0.15) is 0 Å². The normalized spacial score (nSPS) is 11.9. The third-order valence-electron chi connectivity index (χ3n) is 2.86. The number of halogens is 1. The van der Waals surface area contributed by atoms with E-state index in [-0.39, 0.29) is 24.8 Å². The Labute approximate surface area is 121 Å². The smallest absolute Gasteiger partial charge is 0.257 e. The summed E-state index contributed by atoms with van der Waals surface area (Å²) in [7, 11) is 0. The molecule has 0 fully saturated rings. The van der Waals surface area contributed by atoms with Gasteiger partial charge in [-0.1, -0.05) is 12.1 Å².